The Labute approximate surface area is 76.6 Å². The number of rotatable bonds is 3. The molecule has 0 aromatic carbocycles. The number of amides is 2. The SMILES string of the molecule is CC1CCC(C(=O)NCC(N)=O)O1. The Morgan fingerprint density at radius 2 is 2.23 bits per heavy atom. The van der Waals surface area contributed by atoms with E-state index >= 15 is 0 Å². The molecule has 0 bridgehead atoms. The zero-order valence-corrected chi connectivity index (χ0v) is 7.58. The van der Waals surface area contributed by atoms with Crippen LogP contribution in [-0.4, -0.2) is 30.6 Å². The van der Waals surface area contributed by atoms with Gasteiger partial charge in [-0.15, -0.1) is 0 Å². The van der Waals surface area contributed by atoms with Crippen molar-refractivity contribution in [3.8, 4) is 0 Å². The van der Waals surface area contributed by atoms with Crippen LogP contribution in [0, 0.1) is 0 Å². The average Bonchev–Trinajstić information content (AvgIpc) is 2.47. The molecule has 2 atom stereocenters. The molecule has 0 radical (unpaired) electrons. The largest absolute Gasteiger partial charge is 0.368 e. The molecule has 13 heavy (non-hydrogen) atoms. The van der Waals surface area contributed by atoms with Gasteiger partial charge >= 0.3 is 0 Å². The number of nitrogens with one attached hydrogen (secondary N) is 1. The second kappa shape index (κ2) is 4.23. The Kier molecular flexibility index (Phi) is 3.25. The first-order valence-electron chi connectivity index (χ1n) is 4.31. The minimum atomic E-state index is -0.542. The molecular weight excluding hydrogens is 172 g/mol. The second-order valence-electron chi connectivity index (χ2n) is 3.20. The molecule has 0 saturated carbocycles. The van der Waals surface area contributed by atoms with E-state index in [2.05, 4.69) is 5.32 Å². The molecule has 1 rings (SSSR count). The van der Waals surface area contributed by atoms with Crippen molar-refractivity contribution in [2.24, 2.45) is 5.73 Å². The van der Waals surface area contributed by atoms with E-state index in [-0.39, 0.29) is 18.6 Å². The first kappa shape index (κ1) is 9.98. The van der Waals surface area contributed by atoms with E-state index in [4.69, 9.17) is 10.5 Å². The van der Waals surface area contributed by atoms with Crippen molar-refractivity contribution in [2.75, 3.05) is 6.54 Å². The fraction of sp³-hybridized carbons (Fsp3) is 0.750. The maximum absolute atomic E-state index is 11.3. The summed E-state index contributed by atoms with van der Waals surface area (Å²) < 4.78 is 5.29. The third kappa shape index (κ3) is 3.02. The molecule has 1 fully saturated rings. The van der Waals surface area contributed by atoms with E-state index in [1.807, 2.05) is 6.92 Å². The monoisotopic (exact) mass is 186 g/mol. The maximum atomic E-state index is 11.3. The van der Waals surface area contributed by atoms with Gasteiger partial charge in [0.2, 0.25) is 11.8 Å². The van der Waals surface area contributed by atoms with Gasteiger partial charge in [0.05, 0.1) is 12.6 Å². The van der Waals surface area contributed by atoms with Crippen LogP contribution in [0.15, 0.2) is 0 Å². The first-order valence-corrected chi connectivity index (χ1v) is 4.31. The number of hydrogen-bond acceptors (Lipinski definition) is 3. The summed E-state index contributed by atoms with van der Waals surface area (Å²) in [5.41, 5.74) is 4.87. The molecular formula is C8H14N2O3. The lowest BCUT2D eigenvalue weighted by Gasteiger charge is -2.10. The van der Waals surface area contributed by atoms with Crippen LogP contribution >= 0.6 is 0 Å². The Hall–Kier alpha value is -1.10. The van der Waals surface area contributed by atoms with Crippen LogP contribution in [-0.2, 0) is 14.3 Å². The third-order valence-electron chi connectivity index (χ3n) is 1.96. The number of carbonyl (C=O) groups is 2. The Morgan fingerprint density at radius 3 is 2.69 bits per heavy atom. The molecule has 1 aliphatic heterocycles. The van der Waals surface area contributed by atoms with Crippen molar-refractivity contribution in [3.63, 3.8) is 0 Å². The molecule has 0 spiro atoms. The van der Waals surface area contributed by atoms with E-state index in [0.717, 1.165) is 6.42 Å². The molecule has 5 heteroatoms. The first-order chi connectivity index (χ1) is 6.09. The van der Waals surface area contributed by atoms with E-state index in [1.165, 1.54) is 0 Å². The highest BCUT2D eigenvalue weighted by atomic mass is 16.5. The van der Waals surface area contributed by atoms with E-state index in [1.54, 1.807) is 0 Å². The highest BCUT2D eigenvalue weighted by molar-refractivity contribution is 5.86. The fourth-order valence-electron chi connectivity index (χ4n) is 1.28. The molecule has 5 nitrogen and oxygen atoms in total. The van der Waals surface area contributed by atoms with Gasteiger partial charge in [-0.1, -0.05) is 0 Å². The quantitative estimate of drug-likeness (QED) is 0.602. The zero-order valence-electron chi connectivity index (χ0n) is 7.58. The number of primary amides is 1. The maximum Gasteiger partial charge on any atom is 0.249 e. The molecule has 74 valence electrons. The normalized spacial score (nSPS) is 27.2. The van der Waals surface area contributed by atoms with E-state index in [0.29, 0.717) is 6.42 Å². The summed E-state index contributed by atoms with van der Waals surface area (Å²) in [5, 5.41) is 2.41. The molecule has 3 N–H and O–H groups in total. The van der Waals surface area contributed by atoms with Gasteiger partial charge in [-0.25, -0.2) is 0 Å². The lowest BCUT2D eigenvalue weighted by atomic mass is 10.2. The number of carbonyl (C=O) groups excluding carboxylic acids is 2. The molecule has 0 aliphatic carbocycles. The summed E-state index contributed by atoms with van der Waals surface area (Å²) in [6, 6.07) is 0. The van der Waals surface area contributed by atoms with Crippen molar-refractivity contribution in [3.05, 3.63) is 0 Å². The molecule has 0 aromatic rings. The van der Waals surface area contributed by atoms with Gasteiger partial charge in [0, 0.05) is 0 Å². The van der Waals surface area contributed by atoms with E-state index in [9.17, 15) is 9.59 Å². The summed E-state index contributed by atoms with van der Waals surface area (Å²) in [6.45, 7) is 1.80. The summed E-state index contributed by atoms with van der Waals surface area (Å²) in [7, 11) is 0. The van der Waals surface area contributed by atoms with Gasteiger partial charge < -0.3 is 15.8 Å². The lowest BCUT2D eigenvalue weighted by Crippen LogP contribution is -2.39. The lowest BCUT2D eigenvalue weighted by molar-refractivity contribution is -0.133. The van der Waals surface area contributed by atoms with Gasteiger partial charge in [0.25, 0.3) is 0 Å². The van der Waals surface area contributed by atoms with Crippen molar-refractivity contribution >= 4 is 11.8 Å². The topological polar surface area (TPSA) is 81.4 Å². The summed E-state index contributed by atoms with van der Waals surface area (Å²) in [4.78, 5) is 21.6. The van der Waals surface area contributed by atoms with Crippen LogP contribution < -0.4 is 11.1 Å². The highest BCUT2D eigenvalue weighted by Crippen LogP contribution is 2.18. The van der Waals surface area contributed by atoms with Crippen molar-refractivity contribution in [1.82, 2.24) is 5.32 Å². The van der Waals surface area contributed by atoms with Gasteiger partial charge in [-0.3, -0.25) is 9.59 Å². The smallest absolute Gasteiger partial charge is 0.249 e. The Morgan fingerprint density at radius 1 is 1.54 bits per heavy atom. The fourth-order valence-corrected chi connectivity index (χ4v) is 1.28. The molecule has 2 amide bonds. The summed E-state index contributed by atoms with van der Waals surface area (Å²) in [5.74, 6) is -0.789. The number of hydrogen-bond donors (Lipinski definition) is 2. The standard InChI is InChI=1S/C8H14N2O3/c1-5-2-3-6(13-5)8(12)10-4-7(9)11/h5-6H,2-4H2,1H3,(H2,9,11)(H,10,12). The van der Waals surface area contributed by atoms with Crippen molar-refractivity contribution in [1.29, 1.82) is 0 Å². The van der Waals surface area contributed by atoms with Crippen LogP contribution in [0.25, 0.3) is 0 Å². The van der Waals surface area contributed by atoms with Gasteiger partial charge in [0.1, 0.15) is 6.10 Å². The van der Waals surface area contributed by atoms with Crippen LogP contribution in [0.5, 0.6) is 0 Å². The molecule has 1 saturated heterocycles. The van der Waals surface area contributed by atoms with Crippen LogP contribution in [0.3, 0.4) is 0 Å². The Bertz CT molecular complexity index is 217. The number of nitrogens with two attached hydrogens (primary N) is 1. The minimum Gasteiger partial charge on any atom is -0.368 e. The van der Waals surface area contributed by atoms with Crippen LogP contribution in [0.2, 0.25) is 0 Å². The van der Waals surface area contributed by atoms with E-state index < -0.39 is 12.0 Å². The van der Waals surface area contributed by atoms with Crippen molar-refractivity contribution < 1.29 is 14.3 Å². The average molecular weight is 186 g/mol. The predicted molar refractivity (Wildman–Crippen MR) is 45.8 cm³/mol. The molecule has 1 aliphatic rings. The van der Waals surface area contributed by atoms with Crippen molar-refractivity contribution in [2.45, 2.75) is 32.0 Å². The Balaban J connectivity index is 2.27. The summed E-state index contributed by atoms with van der Waals surface area (Å²) in [6.07, 6.45) is 1.32. The second-order valence-corrected chi connectivity index (χ2v) is 3.20. The number of ether oxygens (including phenoxy) is 1. The van der Waals surface area contributed by atoms with Crippen LogP contribution in [0.1, 0.15) is 19.8 Å². The zero-order chi connectivity index (χ0) is 9.84. The predicted octanol–water partition coefficient (Wildman–Crippen LogP) is -0.845. The molecule has 2 unspecified atom stereocenters. The molecule has 0 aromatic heterocycles. The molecule has 1 heterocycles. The highest BCUT2D eigenvalue weighted by Gasteiger charge is 2.27. The third-order valence-corrected chi connectivity index (χ3v) is 1.96. The van der Waals surface area contributed by atoms with Gasteiger partial charge in [-0.05, 0) is 19.8 Å². The minimum absolute atomic E-state index is 0.118. The van der Waals surface area contributed by atoms with Crippen LogP contribution in [0.4, 0.5) is 0 Å². The van der Waals surface area contributed by atoms with Gasteiger partial charge in [-0.2, -0.15) is 0 Å². The van der Waals surface area contributed by atoms with Gasteiger partial charge in [0.15, 0.2) is 0 Å². The summed E-state index contributed by atoms with van der Waals surface area (Å²) >= 11 is 0.